The molecule has 0 spiro atoms. The molecule has 136 valence electrons. The van der Waals surface area contributed by atoms with E-state index < -0.39 is 10.0 Å². The molecule has 2 rings (SSSR count). The van der Waals surface area contributed by atoms with Crippen molar-refractivity contribution in [1.29, 1.82) is 0 Å². The zero-order chi connectivity index (χ0) is 17.3. The van der Waals surface area contributed by atoms with Crippen molar-refractivity contribution < 1.29 is 13.2 Å². The minimum absolute atomic E-state index is 0.154. The fraction of sp³-hybridized carbons (Fsp3) is 0.667. The zero-order valence-corrected chi connectivity index (χ0v) is 15.4. The molecule has 0 aliphatic carbocycles. The summed E-state index contributed by atoms with van der Waals surface area (Å²) in [5, 5.41) is 3.30. The lowest BCUT2D eigenvalue weighted by Gasteiger charge is -2.33. The van der Waals surface area contributed by atoms with E-state index in [-0.39, 0.29) is 11.8 Å². The predicted octanol–water partition coefficient (Wildman–Crippen LogP) is 2.39. The van der Waals surface area contributed by atoms with Crippen molar-refractivity contribution in [3.05, 3.63) is 35.9 Å². The Bertz CT molecular complexity index is 557. The molecule has 1 aliphatic heterocycles. The lowest BCUT2D eigenvalue weighted by atomic mass is 10.1. The Morgan fingerprint density at radius 3 is 2.58 bits per heavy atom. The van der Waals surface area contributed by atoms with Crippen LogP contribution in [0.3, 0.4) is 0 Å². The SMILES string of the molecule is CCCN(C1CCNCC1)S(=O)(=O)CCCOCc1ccccc1. The first kappa shape index (κ1) is 19.4. The first-order valence-corrected chi connectivity index (χ1v) is 10.6. The van der Waals surface area contributed by atoms with E-state index in [1.165, 1.54) is 0 Å². The van der Waals surface area contributed by atoms with Gasteiger partial charge in [-0.1, -0.05) is 37.3 Å². The molecule has 0 radical (unpaired) electrons. The van der Waals surface area contributed by atoms with Crippen LogP contribution in [-0.2, 0) is 21.4 Å². The number of nitrogens with zero attached hydrogens (tertiary/aromatic N) is 1. The van der Waals surface area contributed by atoms with Crippen molar-refractivity contribution in [3.63, 3.8) is 0 Å². The Morgan fingerprint density at radius 1 is 1.21 bits per heavy atom. The largest absolute Gasteiger partial charge is 0.377 e. The molecule has 1 aliphatic rings. The van der Waals surface area contributed by atoms with Gasteiger partial charge in [-0.2, -0.15) is 4.31 Å². The molecule has 0 aromatic heterocycles. The summed E-state index contributed by atoms with van der Waals surface area (Å²) in [4.78, 5) is 0. The van der Waals surface area contributed by atoms with Gasteiger partial charge >= 0.3 is 0 Å². The molecule has 0 atom stereocenters. The van der Waals surface area contributed by atoms with Crippen LogP contribution < -0.4 is 5.32 Å². The van der Waals surface area contributed by atoms with Crippen LogP contribution in [0.5, 0.6) is 0 Å². The van der Waals surface area contributed by atoms with Crippen molar-refractivity contribution in [2.45, 2.75) is 45.3 Å². The molecule has 0 amide bonds. The third-order valence-electron chi connectivity index (χ3n) is 4.32. The number of hydrogen-bond donors (Lipinski definition) is 1. The van der Waals surface area contributed by atoms with Gasteiger partial charge in [-0.3, -0.25) is 0 Å². The second-order valence-electron chi connectivity index (χ2n) is 6.30. The highest BCUT2D eigenvalue weighted by atomic mass is 32.2. The summed E-state index contributed by atoms with van der Waals surface area (Å²) in [6.07, 6.45) is 3.21. The molecule has 1 aromatic rings. The predicted molar refractivity (Wildman–Crippen MR) is 97.4 cm³/mol. The molecule has 1 saturated heterocycles. The molecule has 0 unspecified atom stereocenters. The maximum atomic E-state index is 12.7. The fourth-order valence-corrected chi connectivity index (χ4v) is 4.93. The lowest BCUT2D eigenvalue weighted by Crippen LogP contribution is -2.47. The minimum Gasteiger partial charge on any atom is -0.377 e. The van der Waals surface area contributed by atoms with Crippen LogP contribution in [0.25, 0.3) is 0 Å². The van der Waals surface area contributed by atoms with Gasteiger partial charge in [0.2, 0.25) is 10.0 Å². The van der Waals surface area contributed by atoms with Crippen LogP contribution in [0.15, 0.2) is 30.3 Å². The lowest BCUT2D eigenvalue weighted by molar-refractivity contribution is 0.121. The van der Waals surface area contributed by atoms with Gasteiger partial charge in [0.05, 0.1) is 12.4 Å². The van der Waals surface area contributed by atoms with E-state index in [0.717, 1.165) is 37.9 Å². The maximum Gasteiger partial charge on any atom is 0.214 e. The van der Waals surface area contributed by atoms with Gasteiger partial charge in [-0.05, 0) is 44.3 Å². The monoisotopic (exact) mass is 354 g/mol. The Balaban J connectivity index is 1.77. The highest BCUT2D eigenvalue weighted by molar-refractivity contribution is 7.89. The molecule has 6 heteroatoms. The second kappa shape index (κ2) is 10.1. The van der Waals surface area contributed by atoms with E-state index >= 15 is 0 Å². The Kier molecular flexibility index (Phi) is 8.18. The third-order valence-corrected chi connectivity index (χ3v) is 6.32. The van der Waals surface area contributed by atoms with Crippen LogP contribution in [0.1, 0.15) is 38.2 Å². The minimum atomic E-state index is -3.20. The summed E-state index contributed by atoms with van der Waals surface area (Å²) in [6.45, 7) is 5.47. The van der Waals surface area contributed by atoms with Gasteiger partial charge < -0.3 is 10.1 Å². The van der Waals surface area contributed by atoms with E-state index in [1.54, 1.807) is 4.31 Å². The van der Waals surface area contributed by atoms with Crippen LogP contribution in [-0.4, -0.2) is 50.8 Å². The van der Waals surface area contributed by atoms with Gasteiger partial charge in [0.15, 0.2) is 0 Å². The van der Waals surface area contributed by atoms with Gasteiger partial charge in [-0.25, -0.2) is 8.42 Å². The average molecular weight is 355 g/mol. The van der Waals surface area contributed by atoms with Crippen molar-refractivity contribution >= 4 is 10.0 Å². The number of nitrogens with one attached hydrogen (secondary N) is 1. The Hall–Kier alpha value is -0.950. The van der Waals surface area contributed by atoms with Gasteiger partial charge in [0.1, 0.15) is 0 Å². The van der Waals surface area contributed by atoms with Crippen LogP contribution in [0, 0.1) is 0 Å². The summed E-state index contributed by atoms with van der Waals surface area (Å²) in [5.74, 6) is 0.172. The van der Waals surface area contributed by atoms with Gasteiger partial charge in [-0.15, -0.1) is 0 Å². The van der Waals surface area contributed by atoms with Crippen molar-refractivity contribution in [1.82, 2.24) is 9.62 Å². The highest BCUT2D eigenvalue weighted by Gasteiger charge is 2.29. The molecule has 24 heavy (non-hydrogen) atoms. The third kappa shape index (κ3) is 6.16. The van der Waals surface area contributed by atoms with Gasteiger partial charge in [0.25, 0.3) is 0 Å². The van der Waals surface area contributed by atoms with Crippen molar-refractivity contribution in [3.8, 4) is 0 Å². The summed E-state index contributed by atoms with van der Waals surface area (Å²) in [7, 11) is -3.20. The normalized spacial score (nSPS) is 16.6. The van der Waals surface area contributed by atoms with E-state index in [2.05, 4.69) is 5.32 Å². The Morgan fingerprint density at radius 2 is 1.92 bits per heavy atom. The van der Waals surface area contributed by atoms with Crippen LogP contribution in [0.2, 0.25) is 0 Å². The number of sulfonamides is 1. The molecule has 0 saturated carbocycles. The highest BCUT2D eigenvalue weighted by Crippen LogP contribution is 2.17. The van der Waals surface area contributed by atoms with E-state index in [4.69, 9.17) is 4.74 Å². The molecule has 1 heterocycles. The summed E-state index contributed by atoms with van der Waals surface area (Å²) in [5.41, 5.74) is 1.11. The molecular formula is C18H30N2O3S. The van der Waals surface area contributed by atoms with E-state index in [0.29, 0.717) is 26.2 Å². The molecule has 0 bridgehead atoms. The number of ether oxygens (including phenoxy) is 1. The maximum absolute atomic E-state index is 12.7. The number of rotatable bonds is 10. The second-order valence-corrected chi connectivity index (χ2v) is 8.34. The fourth-order valence-electron chi connectivity index (χ4n) is 3.09. The topological polar surface area (TPSA) is 58.6 Å². The number of hydrogen-bond acceptors (Lipinski definition) is 4. The standard InChI is InChI=1S/C18H30N2O3S/c1-2-13-20(18-9-11-19-12-10-18)24(21,22)15-6-14-23-16-17-7-4-3-5-8-17/h3-5,7-8,18-19H,2,6,9-16H2,1H3. The number of piperidine rings is 1. The Labute approximate surface area is 146 Å². The summed E-state index contributed by atoms with van der Waals surface area (Å²) < 4.78 is 32.8. The first-order valence-electron chi connectivity index (χ1n) is 8.95. The molecule has 1 aromatic carbocycles. The van der Waals surface area contributed by atoms with E-state index in [1.807, 2.05) is 37.3 Å². The molecule has 5 nitrogen and oxygen atoms in total. The first-order chi connectivity index (χ1) is 11.6. The quantitative estimate of drug-likeness (QED) is 0.656. The molecule has 1 fully saturated rings. The molecular weight excluding hydrogens is 324 g/mol. The average Bonchev–Trinajstić information content (AvgIpc) is 2.61. The summed E-state index contributed by atoms with van der Waals surface area (Å²) >= 11 is 0. The van der Waals surface area contributed by atoms with Crippen molar-refractivity contribution in [2.75, 3.05) is 32.0 Å². The van der Waals surface area contributed by atoms with Gasteiger partial charge in [0, 0.05) is 19.2 Å². The molecule has 1 N–H and O–H groups in total. The smallest absolute Gasteiger partial charge is 0.214 e. The van der Waals surface area contributed by atoms with Crippen molar-refractivity contribution in [2.24, 2.45) is 0 Å². The zero-order valence-electron chi connectivity index (χ0n) is 14.6. The summed E-state index contributed by atoms with van der Waals surface area (Å²) in [6, 6.07) is 10.1. The van der Waals surface area contributed by atoms with E-state index in [9.17, 15) is 8.42 Å². The number of benzene rings is 1. The van der Waals surface area contributed by atoms with Crippen LogP contribution in [0.4, 0.5) is 0 Å². The van der Waals surface area contributed by atoms with Crippen LogP contribution >= 0.6 is 0 Å².